The average Bonchev–Trinajstić information content (AvgIpc) is 2.97. The Morgan fingerprint density at radius 2 is 1.23 bits per heavy atom. The summed E-state index contributed by atoms with van der Waals surface area (Å²) in [6.07, 6.45) is 3.84. The average molecular weight is 549 g/mol. The Hall–Kier alpha value is -4.20. The number of nitrogens with one attached hydrogen (secondary N) is 2. The van der Waals surface area contributed by atoms with E-state index in [0.717, 1.165) is 36.8 Å². The molecule has 8 nitrogen and oxygen atoms in total. The van der Waals surface area contributed by atoms with E-state index >= 15 is 0 Å². The highest BCUT2D eigenvalue weighted by molar-refractivity contribution is 5.82. The summed E-state index contributed by atoms with van der Waals surface area (Å²) in [6, 6.07) is 20.0. The van der Waals surface area contributed by atoms with Crippen molar-refractivity contribution in [1.82, 2.24) is 10.6 Å². The van der Waals surface area contributed by atoms with Gasteiger partial charge < -0.3 is 29.6 Å². The molecule has 3 rings (SSSR count). The number of amides is 2. The second kappa shape index (κ2) is 16.0. The van der Waals surface area contributed by atoms with Gasteiger partial charge >= 0.3 is 0 Å². The molecule has 40 heavy (non-hydrogen) atoms. The topological polar surface area (TPSA) is 95.1 Å². The number of ether oxygens (including phenoxy) is 4. The lowest BCUT2D eigenvalue weighted by Gasteiger charge is -2.22. The molecule has 0 aliphatic heterocycles. The molecule has 0 unspecified atom stereocenters. The molecule has 0 saturated heterocycles. The first-order valence-corrected chi connectivity index (χ1v) is 13.6. The summed E-state index contributed by atoms with van der Waals surface area (Å²) >= 11 is 0. The monoisotopic (exact) mass is 548 g/mol. The number of rotatable bonds is 16. The lowest BCUT2D eigenvalue weighted by atomic mass is 10.1. The van der Waals surface area contributed by atoms with E-state index < -0.39 is 6.17 Å². The molecule has 3 aromatic carbocycles. The van der Waals surface area contributed by atoms with Gasteiger partial charge in [-0.15, -0.1) is 0 Å². The molecular weight excluding hydrogens is 508 g/mol. The molecule has 0 atom stereocenters. The molecule has 8 heteroatoms. The van der Waals surface area contributed by atoms with Gasteiger partial charge in [0, 0.05) is 0 Å². The molecular formula is C32H40N2O6. The Morgan fingerprint density at radius 1 is 0.675 bits per heavy atom. The zero-order valence-corrected chi connectivity index (χ0v) is 23.8. The number of methoxy groups -OCH3 is 3. The summed E-state index contributed by atoms with van der Waals surface area (Å²) in [5.74, 6) is 2.11. The minimum Gasteiger partial charge on any atom is -0.497 e. The third-order valence-corrected chi connectivity index (χ3v) is 6.43. The van der Waals surface area contributed by atoms with E-state index in [9.17, 15) is 9.59 Å². The lowest BCUT2D eigenvalue weighted by molar-refractivity contribution is -0.123. The van der Waals surface area contributed by atoms with Crippen molar-refractivity contribution < 1.29 is 28.5 Å². The van der Waals surface area contributed by atoms with Crippen LogP contribution in [0.5, 0.6) is 23.0 Å². The molecule has 0 bridgehead atoms. The molecule has 3 aromatic rings. The van der Waals surface area contributed by atoms with Crippen LogP contribution in [0.4, 0.5) is 0 Å². The maximum absolute atomic E-state index is 13.1. The van der Waals surface area contributed by atoms with Crippen LogP contribution in [-0.4, -0.2) is 39.8 Å². The summed E-state index contributed by atoms with van der Waals surface area (Å²) < 4.78 is 21.9. The Balaban J connectivity index is 1.78. The number of unbranched alkanes of at least 4 members (excludes halogenated alkanes) is 3. The fourth-order valence-corrected chi connectivity index (χ4v) is 4.18. The third kappa shape index (κ3) is 9.52. The molecule has 0 fully saturated rings. The molecule has 0 heterocycles. The van der Waals surface area contributed by atoms with Crippen LogP contribution in [0.15, 0.2) is 66.7 Å². The van der Waals surface area contributed by atoms with Crippen LogP contribution in [-0.2, 0) is 22.4 Å². The minimum absolute atomic E-state index is 0.145. The summed E-state index contributed by atoms with van der Waals surface area (Å²) in [5.41, 5.74) is 2.33. The number of carbonyl (C=O) groups excluding carboxylic acids is 2. The van der Waals surface area contributed by atoms with Gasteiger partial charge in [0.05, 0.1) is 40.8 Å². The fourth-order valence-electron chi connectivity index (χ4n) is 4.18. The first kappa shape index (κ1) is 30.3. The van der Waals surface area contributed by atoms with Crippen LogP contribution >= 0.6 is 0 Å². The summed E-state index contributed by atoms with van der Waals surface area (Å²) in [7, 11) is 4.78. The maximum atomic E-state index is 13.1. The van der Waals surface area contributed by atoms with Crippen molar-refractivity contribution in [2.75, 3.05) is 27.9 Å². The number of carbonyl (C=O) groups is 2. The number of hydrogen-bond donors (Lipinski definition) is 2. The minimum atomic E-state index is -0.773. The van der Waals surface area contributed by atoms with E-state index in [4.69, 9.17) is 18.9 Å². The van der Waals surface area contributed by atoms with Crippen molar-refractivity contribution >= 4 is 11.8 Å². The standard InChI is InChI=1S/C32H40N2O6/c1-5-6-7-8-19-40-29-22-25(13-18-28(29)39-4)32(33-30(35)20-23-9-14-26(37-2)15-10-23)34-31(36)21-24-11-16-27(38-3)17-12-24/h9-18,22,32H,5-8,19-21H2,1-4H3,(H,33,35)(H,34,36). The van der Waals surface area contributed by atoms with Gasteiger partial charge in [0.15, 0.2) is 11.5 Å². The zero-order chi connectivity index (χ0) is 28.7. The normalized spacial score (nSPS) is 10.6. The van der Waals surface area contributed by atoms with Crippen molar-refractivity contribution in [3.63, 3.8) is 0 Å². The number of hydrogen-bond acceptors (Lipinski definition) is 6. The number of benzene rings is 3. The van der Waals surface area contributed by atoms with Gasteiger partial charge in [-0.2, -0.15) is 0 Å². The van der Waals surface area contributed by atoms with Crippen molar-refractivity contribution in [1.29, 1.82) is 0 Å². The summed E-state index contributed by atoms with van der Waals surface area (Å²) in [5, 5.41) is 5.95. The highest BCUT2D eigenvalue weighted by Gasteiger charge is 2.20. The molecule has 214 valence electrons. The molecule has 0 saturated carbocycles. The molecule has 0 aliphatic rings. The largest absolute Gasteiger partial charge is 0.497 e. The van der Waals surface area contributed by atoms with Gasteiger partial charge in [0.25, 0.3) is 0 Å². The molecule has 0 radical (unpaired) electrons. The lowest BCUT2D eigenvalue weighted by Crippen LogP contribution is -2.42. The molecule has 2 N–H and O–H groups in total. The van der Waals surface area contributed by atoms with E-state index in [1.165, 1.54) is 0 Å². The predicted octanol–water partition coefficient (Wildman–Crippen LogP) is 5.39. The Kier molecular flexibility index (Phi) is 12.2. The Morgan fingerprint density at radius 3 is 1.70 bits per heavy atom. The van der Waals surface area contributed by atoms with Crippen LogP contribution in [0.2, 0.25) is 0 Å². The second-order valence-corrected chi connectivity index (χ2v) is 9.44. The zero-order valence-electron chi connectivity index (χ0n) is 23.8. The maximum Gasteiger partial charge on any atom is 0.226 e. The molecule has 0 spiro atoms. The quantitative estimate of drug-likeness (QED) is 0.184. The fraction of sp³-hybridized carbons (Fsp3) is 0.375. The summed E-state index contributed by atoms with van der Waals surface area (Å²) in [4.78, 5) is 26.2. The van der Waals surface area contributed by atoms with E-state index in [0.29, 0.717) is 35.2 Å². The summed E-state index contributed by atoms with van der Waals surface area (Å²) in [6.45, 7) is 2.72. The van der Waals surface area contributed by atoms with Crippen molar-refractivity contribution in [2.45, 2.75) is 51.6 Å². The van der Waals surface area contributed by atoms with Crippen molar-refractivity contribution in [2.24, 2.45) is 0 Å². The highest BCUT2D eigenvalue weighted by atomic mass is 16.5. The van der Waals surface area contributed by atoms with Crippen LogP contribution in [0.25, 0.3) is 0 Å². The van der Waals surface area contributed by atoms with E-state index in [2.05, 4.69) is 17.6 Å². The van der Waals surface area contributed by atoms with Crippen molar-refractivity contribution in [3.05, 3.63) is 83.4 Å². The van der Waals surface area contributed by atoms with Gasteiger partial charge in [0.1, 0.15) is 17.7 Å². The van der Waals surface area contributed by atoms with Crippen LogP contribution in [0.3, 0.4) is 0 Å². The second-order valence-electron chi connectivity index (χ2n) is 9.44. The smallest absolute Gasteiger partial charge is 0.226 e. The van der Waals surface area contributed by atoms with Crippen molar-refractivity contribution in [3.8, 4) is 23.0 Å². The molecule has 0 aliphatic carbocycles. The van der Waals surface area contributed by atoms with Gasteiger partial charge in [-0.25, -0.2) is 0 Å². The van der Waals surface area contributed by atoms with Crippen LogP contribution < -0.4 is 29.6 Å². The van der Waals surface area contributed by atoms with Gasteiger partial charge in [-0.05, 0) is 59.5 Å². The van der Waals surface area contributed by atoms with E-state index in [1.54, 1.807) is 27.4 Å². The Labute approximate surface area is 237 Å². The third-order valence-electron chi connectivity index (χ3n) is 6.43. The SMILES string of the molecule is CCCCCCOc1cc(C(NC(=O)Cc2ccc(OC)cc2)NC(=O)Cc2ccc(OC)cc2)ccc1OC. The van der Waals surface area contributed by atoms with E-state index in [-0.39, 0.29) is 24.7 Å². The molecule has 2 amide bonds. The first-order valence-electron chi connectivity index (χ1n) is 13.6. The Bertz CT molecular complexity index is 1150. The van der Waals surface area contributed by atoms with Gasteiger partial charge in [-0.3, -0.25) is 9.59 Å². The first-order chi connectivity index (χ1) is 19.4. The van der Waals surface area contributed by atoms with Gasteiger partial charge in [0.2, 0.25) is 11.8 Å². The predicted molar refractivity (Wildman–Crippen MR) is 155 cm³/mol. The van der Waals surface area contributed by atoms with Gasteiger partial charge in [-0.1, -0.05) is 56.5 Å². The van der Waals surface area contributed by atoms with Crippen LogP contribution in [0.1, 0.15) is 55.5 Å². The molecule has 0 aromatic heterocycles. The highest BCUT2D eigenvalue weighted by Crippen LogP contribution is 2.30. The van der Waals surface area contributed by atoms with E-state index in [1.807, 2.05) is 60.7 Å². The van der Waals surface area contributed by atoms with Crippen LogP contribution in [0, 0.1) is 0 Å².